The first-order chi connectivity index (χ1) is 22.4. The van der Waals surface area contributed by atoms with Gasteiger partial charge in [0.25, 0.3) is 10.1 Å². The van der Waals surface area contributed by atoms with E-state index in [2.05, 4.69) is 37.3 Å². The molecule has 0 spiro atoms. The molecule has 0 radical (unpaired) electrons. The Hall–Kier alpha value is -4.45. The van der Waals surface area contributed by atoms with E-state index in [1.54, 1.807) is 11.9 Å². The van der Waals surface area contributed by atoms with Crippen molar-refractivity contribution in [1.29, 1.82) is 5.26 Å². The number of aromatic nitrogens is 1. The summed E-state index contributed by atoms with van der Waals surface area (Å²) in [7, 11) is -4.58. The molecule has 1 heterocycles. The van der Waals surface area contributed by atoms with Gasteiger partial charge in [0.15, 0.2) is 16.8 Å². The van der Waals surface area contributed by atoms with E-state index in [9.17, 15) is 31.4 Å². The normalized spacial score (nSPS) is 13.0. The minimum Gasteiger partial charge on any atom is -0.382 e. The highest BCUT2D eigenvalue weighted by molar-refractivity contribution is 7.88. The molecular weight excluding hydrogens is 673 g/mol. The summed E-state index contributed by atoms with van der Waals surface area (Å²) < 4.78 is 72.0. The predicted molar refractivity (Wildman–Crippen MR) is 178 cm³/mol. The van der Waals surface area contributed by atoms with Crippen molar-refractivity contribution in [3.63, 3.8) is 0 Å². The molecule has 3 rings (SSSR count). The molecule has 0 aliphatic carbocycles. The number of anilines is 2. The van der Waals surface area contributed by atoms with Crippen molar-refractivity contribution in [3.05, 3.63) is 70.2 Å². The summed E-state index contributed by atoms with van der Waals surface area (Å²) in [5.41, 5.74) is -1.49. The molecule has 16 nitrogen and oxygen atoms in total. The van der Waals surface area contributed by atoms with E-state index >= 15 is 0 Å². The van der Waals surface area contributed by atoms with Gasteiger partial charge >= 0.3 is 0 Å². The fourth-order valence-corrected chi connectivity index (χ4v) is 5.48. The second kappa shape index (κ2) is 17.5. The number of nitriles is 1. The van der Waals surface area contributed by atoms with Crippen molar-refractivity contribution in [3.8, 4) is 6.07 Å². The largest absolute Gasteiger partial charge is 0.382 e. The van der Waals surface area contributed by atoms with Gasteiger partial charge in [0.05, 0.1) is 16.3 Å². The molecule has 47 heavy (non-hydrogen) atoms. The fraction of sp³-hybridized carbons (Fsp3) is 0.286. The maximum Gasteiger partial charge on any atom is 0.296 e. The lowest BCUT2D eigenvalue weighted by atomic mass is 10.2. The summed E-state index contributed by atoms with van der Waals surface area (Å²) in [6.07, 6.45) is 0.546. The molecule has 3 aromatic rings. The molecule has 0 bridgehead atoms. The van der Waals surface area contributed by atoms with Gasteiger partial charge in [0.1, 0.15) is 33.9 Å². The monoisotopic (exact) mass is 704 g/mol. The summed E-state index contributed by atoms with van der Waals surface area (Å²) in [5, 5.41) is 30.0. The Bertz CT molecular complexity index is 1910. The van der Waals surface area contributed by atoms with Crippen LogP contribution < -0.4 is 15.6 Å². The second-order valence-corrected chi connectivity index (χ2v) is 13.3. The van der Waals surface area contributed by atoms with Crippen LogP contribution in [0.2, 0.25) is 0 Å². The first-order valence-electron chi connectivity index (χ1n) is 13.8. The van der Waals surface area contributed by atoms with Gasteiger partial charge < -0.3 is 24.5 Å². The lowest BCUT2D eigenvalue weighted by Crippen LogP contribution is -2.27. The van der Waals surface area contributed by atoms with Crippen LogP contribution in [0.25, 0.3) is 0 Å². The summed E-state index contributed by atoms with van der Waals surface area (Å²) in [5.74, 6) is 0.408. The van der Waals surface area contributed by atoms with Crippen molar-refractivity contribution in [2.45, 2.75) is 23.1 Å². The Morgan fingerprint density at radius 1 is 1.13 bits per heavy atom. The Labute approximate surface area is 275 Å². The third-order valence-electron chi connectivity index (χ3n) is 6.24. The Morgan fingerprint density at radius 3 is 2.43 bits per heavy atom. The molecule has 0 aliphatic rings. The number of azo groups is 2. The molecule has 1 aromatic heterocycles. The number of ether oxygens (including phenoxy) is 1. The highest BCUT2D eigenvalue weighted by Crippen LogP contribution is 2.32. The number of hydrogen-bond donors (Lipinski definition) is 4. The van der Waals surface area contributed by atoms with E-state index in [4.69, 9.17) is 9.29 Å². The van der Waals surface area contributed by atoms with Gasteiger partial charge in [-0.05, 0) is 61.2 Å². The Morgan fingerprint density at radius 2 is 1.81 bits per heavy atom. The van der Waals surface area contributed by atoms with Crippen molar-refractivity contribution < 1.29 is 30.7 Å². The van der Waals surface area contributed by atoms with Crippen LogP contribution >= 0.6 is 0 Å². The molecule has 2 atom stereocenters. The van der Waals surface area contributed by atoms with Crippen molar-refractivity contribution in [2.24, 2.45) is 20.5 Å². The zero-order valence-electron chi connectivity index (χ0n) is 25.3. The standard InChI is InChI=1S/C28H32N8O8S3/c1-4-44-15-6-13-30-27-25(26(37)22(18-29)28(31-27)36(3)14-16-45(38)5-2)35-34-23-12-9-20(17-24(23)47(41,42)43)33-32-19-7-10-21(11-8-19)46(39)40/h5,7-12,17H,2,4,6,13-16H2,1,3H3,(H,39,40)(H2,30,31,37)(H,41,42,43). The molecule has 0 saturated heterocycles. The van der Waals surface area contributed by atoms with Crippen LogP contribution in [0.15, 0.2) is 89.5 Å². The number of H-pyrrole nitrogens is 1. The van der Waals surface area contributed by atoms with Crippen LogP contribution in [0, 0.1) is 11.3 Å². The van der Waals surface area contributed by atoms with E-state index in [-0.39, 0.29) is 51.5 Å². The molecule has 4 N–H and O–H groups in total. The molecule has 2 unspecified atom stereocenters. The number of rotatable bonds is 17. The molecule has 0 fully saturated rings. The number of aromatic amines is 1. The zero-order chi connectivity index (χ0) is 34.6. The highest BCUT2D eigenvalue weighted by Gasteiger charge is 2.21. The number of hydrogen-bond acceptors (Lipinski definition) is 13. The molecule has 0 saturated carbocycles. The van der Waals surface area contributed by atoms with Crippen LogP contribution in [0.3, 0.4) is 0 Å². The van der Waals surface area contributed by atoms with Crippen LogP contribution in [0.4, 0.5) is 34.4 Å². The van der Waals surface area contributed by atoms with Crippen LogP contribution in [-0.2, 0) is 36.7 Å². The maximum absolute atomic E-state index is 13.5. The predicted octanol–water partition coefficient (Wildman–Crippen LogP) is 5.07. The van der Waals surface area contributed by atoms with E-state index in [0.29, 0.717) is 31.9 Å². The summed E-state index contributed by atoms with van der Waals surface area (Å²) >= 11 is -2.17. The number of benzene rings is 2. The number of nitrogens with one attached hydrogen (secondary N) is 2. The van der Waals surface area contributed by atoms with Gasteiger partial charge in [-0.3, -0.25) is 13.6 Å². The molecule has 2 aromatic carbocycles. The lowest BCUT2D eigenvalue weighted by molar-refractivity contribution is 0.147. The minimum absolute atomic E-state index is 0.0115. The second-order valence-electron chi connectivity index (χ2n) is 9.43. The van der Waals surface area contributed by atoms with Gasteiger partial charge in [-0.2, -0.15) is 23.9 Å². The third kappa shape index (κ3) is 10.5. The van der Waals surface area contributed by atoms with Crippen molar-refractivity contribution >= 4 is 66.4 Å². The van der Waals surface area contributed by atoms with Crippen LogP contribution in [0.1, 0.15) is 18.9 Å². The molecule has 19 heteroatoms. The summed E-state index contributed by atoms with van der Waals surface area (Å²) in [4.78, 5) is 17.5. The molecule has 0 aliphatic heterocycles. The van der Waals surface area contributed by atoms with Gasteiger partial charge in [-0.1, -0.05) is 6.58 Å². The maximum atomic E-state index is 13.5. The van der Waals surface area contributed by atoms with E-state index < -0.39 is 42.3 Å². The zero-order valence-corrected chi connectivity index (χ0v) is 27.8. The molecule has 250 valence electrons. The average Bonchev–Trinajstić information content (AvgIpc) is 3.05. The smallest absolute Gasteiger partial charge is 0.296 e. The van der Waals surface area contributed by atoms with E-state index in [0.717, 1.165) is 6.07 Å². The Kier molecular flexibility index (Phi) is 13.8. The van der Waals surface area contributed by atoms with E-state index in [1.807, 2.05) is 13.0 Å². The van der Waals surface area contributed by atoms with Gasteiger partial charge in [-0.15, -0.1) is 10.2 Å². The van der Waals surface area contributed by atoms with Crippen molar-refractivity contribution in [2.75, 3.05) is 49.3 Å². The Balaban J connectivity index is 2.03. The topological polar surface area (TPSA) is 239 Å². The van der Waals surface area contributed by atoms with Crippen LogP contribution in [0.5, 0.6) is 0 Å². The lowest BCUT2D eigenvalue weighted by Gasteiger charge is -2.21. The van der Waals surface area contributed by atoms with Crippen molar-refractivity contribution in [1.82, 2.24) is 4.98 Å². The average molecular weight is 705 g/mol. The first-order valence-corrected chi connectivity index (χ1v) is 17.7. The summed E-state index contributed by atoms with van der Waals surface area (Å²) in [6.45, 7) is 6.82. The minimum atomic E-state index is -4.87. The first kappa shape index (κ1) is 37.0. The van der Waals surface area contributed by atoms with E-state index in [1.165, 1.54) is 41.8 Å². The SMILES string of the molecule is C=CS(=O)CCN(C)c1[nH]c(NCCCOCC)c(N=Nc2ccc(N=Nc3ccc(S(=O)O)cc3)cc2S(=O)(=O)O)c(=O)c1C#N. The number of pyridine rings is 1. The number of nitrogens with zero attached hydrogens (tertiary/aromatic N) is 6. The third-order valence-corrected chi connectivity index (χ3v) is 8.75. The molecular formula is C28H32N8O8S3. The molecule has 0 amide bonds. The fourth-order valence-electron chi connectivity index (χ4n) is 3.85. The summed E-state index contributed by atoms with van der Waals surface area (Å²) in [6, 6.07) is 11.0. The van der Waals surface area contributed by atoms with Gasteiger partial charge in [-0.25, -0.2) is 4.21 Å². The van der Waals surface area contributed by atoms with Gasteiger partial charge in [0.2, 0.25) is 5.43 Å². The quantitative estimate of drug-likeness (QED) is 0.0626. The van der Waals surface area contributed by atoms with Gasteiger partial charge in [0, 0.05) is 49.9 Å². The highest BCUT2D eigenvalue weighted by atomic mass is 32.2. The van der Waals surface area contributed by atoms with Crippen LogP contribution in [-0.4, -0.2) is 70.0 Å².